The van der Waals surface area contributed by atoms with E-state index < -0.39 is 0 Å². The van der Waals surface area contributed by atoms with Crippen molar-refractivity contribution in [2.45, 2.75) is 33.7 Å². The third-order valence-corrected chi connectivity index (χ3v) is 2.96. The second-order valence-electron chi connectivity index (χ2n) is 4.80. The highest BCUT2D eigenvalue weighted by Gasteiger charge is 2.12. The van der Waals surface area contributed by atoms with E-state index in [9.17, 15) is 4.79 Å². The summed E-state index contributed by atoms with van der Waals surface area (Å²) < 4.78 is 0. The molecular weight excluding hydrogens is 226 g/mol. The third-order valence-electron chi connectivity index (χ3n) is 2.96. The van der Waals surface area contributed by atoms with Gasteiger partial charge in [0.05, 0.1) is 17.9 Å². The van der Waals surface area contributed by atoms with Crippen molar-refractivity contribution in [1.82, 2.24) is 4.90 Å². The molecule has 1 rings (SSSR count). The van der Waals surface area contributed by atoms with Crippen LogP contribution in [-0.2, 0) is 4.79 Å². The van der Waals surface area contributed by atoms with E-state index in [1.165, 1.54) is 0 Å². The van der Waals surface area contributed by atoms with Crippen LogP contribution in [0, 0.1) is 6.92 Å². The van der Waals surface area contributed by atoms with Crippen LogP contribution in [0.15, 0.2) is 18.2 Å². The zero-order valence-corrected chi connectivity index (χ0v) is 11.7. The maximum Gasteiger partial charge on any atom is 0.238 e. The molecule has 0 unspecified atom stereocenters. The SMILES string of the molecule is CCN(CC(=O)Nc1ccc(C)cc1N)C(C)C. The number of rotatable bonds is 5. The van der Waals surface area contributed by atoms with Crippen LogP contribution in [0.25, 0.3) is 0 Å². The first-order valence-electron chi connectivity index (χ1n) is 6.34. The monoisotopic (exact) mass is 249 g/mol. The van der Waals surface area contributed by atoms with E-state index in [1.807, 2.05) is 32.0 Å². The topological polar surface area (TPSA) is 58.4 Å². The fourth-order valence-electron chi connectivity index (χ4n) is 1.83. The smallest absolute Gasteiger partial charge is 0.238 e. The Morgan fingerprint density at radius 1 is 1.44 bits per heavy atom. The Morgan fingerprint density at radius 2 is 2.11 bits per heavy atom. The number of nitrogens with one attached hydrogen (secondary N) is 1. The zero-order valence-electron chi connectivity index (χ0n) is 11.7. The minimum absolute atomic E-state index is 0.0268. The summed E-state index contributed by atoms with van der Waals surface area (Å²) in [6.45, 7) is 9.43. The molecule has 0 saturated carbocycles. The molecule has 0 heterocycles. The lowest BCUT2D eigenvalue weighted by atomic mass is 10.2. The van der Waals surface area contributed by atoms with Crippen LogP contribution in [0.1, 0.15) is 26.3 Å². The number of anilines is 2. The number of likely N-dealkylation sites (N-methyl/N-ethyl adjacent to an activating group) is 1. The van der Waals surface area contributed by atoms with Gasteiger partial charge in [0.1, 0.15) is 0 Å². The Balaban J connectivity index is 2.64. The number of aryl methyl sites for hydroxylation is 1. The van der Waals surface area contributed by atoms with Crippen molar-refractivity contribution in [2.24, 2.45) is 0 Å². The number of benzene rings is 1. The Bertz CT molecular complexity index is 416. The second-order valence-corrected chi connectivity index (χ2v) is 4.80. The number of hydrogen-bond donors (Lipinski definition) is 2. The number of nitrogens with two attached hydrogens (primary N) is 1. The molecule has 0 atom stereocenters. The minimum atomic E-state index is -0.0268. The van der Waals surface area contributed by atoms with Crippen molar-refractivity contribution in [1.29, 1.82) is 0 Å². The highest BCUT2D eigenvalue weighted by atomic mass is 16.2. The maximum atomic E-state index is 11.9. The zero-order chi connectivity index (χ0) is 13.7. The van der Waals surface area contributed by atoms with Gasteiger partial charge in [-0.05, 0) is 45.0 Å². The van der Waals surface area contributed by atoms with Gasteiger partial charge in [-0.3, -0.25) is 9.69 Å². The van der Waals surface area contributed by atoms with E-state index in [0.717, 1.165) is 12.1 Å². The van der Waals surface area contributed by atoms with E-state index in [4.69, 9.17) is 5.73 Å². The predicted octanol–water partition coefficient (Wildman–Crippen LogP) is 2.25. The fourth-order valence-corrected chi connectivity index (χ4v) is 1.83. The first kappa shape index (κ1) is 14.5. The first-order chi connectivity index (χ1) is 8.43. The summed E-state index contributed by atoms with van der Waals surface area (Å²) in [5.74, 6) is -0.0268. The molecule has 100 valence electrons. The normalized spacial score (nSPS) is 11.0. The molecule has 4 heteroatoms. The summed E-state index contributed by atoms with van der Waals surface area (Å²) in [5.41, 5.74) is 8.24. The average molecular weight is 249 g/mol. The van der Waals surface area contributed by atoms with Crippen molar-refractivity contribution in [2.75, 3.05) is 24.1 Å². The fraction of sp³-hybridized carbons (Fsp3) is 0.500. The number of carbonyl (C=O) groups excluding carboxylic acids is 1. The molecule has 1 amide bonds. The van der Waals surface area contributed by atoms with Crippen molar-refractivity contribution < 1.29 is 4.79 Å². The van der Waals surface area contributed by atoms with Crippen LogP contribution < -0.4 is 11.1 Å². The molecular formula is C14H23N3O. The Labute approximate surface area is 109 Å². The number of nitrogen functional groups attached to an aromatic ring is 1. The van der Waals surface area contributed by atoms with E-state index in [0.29, 0.717) is 24.0 Å². The molecule has 0 radical (unpaired) electrons. The van der Waals surface area contributed by atoms with Crippen LogP contribution in [-0.4, -0.2) is 29.9 Å². The lowest BCUT2D eigenvalue weighted by Gasteiger charge is -2.24. The van der Waals surface area contributed by atoms with Gasteiger partial charge in [-0.2, -0.15) is 0 Å². The van der Waals surface area contributed by atoms with Gasteiger partial charge in [-0.15, -0.1) is 0 Å². The van der Waals surface area contributed by atoms with Gasteiger partial charge in [0.15, 0.2) is 0 Å². The minimum Gasteiger partial charge on any atom is -0.397 e. The standard InChI is InChI=1S/C14H23N3O/c1-5-17(10(2)3)9-14(18)16-13-7-6-11(4)8-12(13)15/h6-8,10H,5,9,15H2,1-4H3,(H,16,18). The quantitative estimate of drug-likeness (QED) is 0.787. The summed E-state index contributed by atoms with van der Waals surface area (Å²) in [6.07, 6.45) is 0. The molecule has 0 aliphatic carbocycles. The van der Waals surface area contributed by atoms with Crippen LogP contribution in [0.4, 0.5) is 11.4 Å². The molecule has 0 bridgehead atoms. The first-order valence-corrected chi connectivity index (χ1v) is 6.34. The van der Waals surface area contributed by atoms with Gasteiger partial charge in [0.2, 0.25) is 5.91 Å². The summed E-state index contributed by atoms with van der Waals surface area (Å²) in [4.78, 5) is 14.0. The number of carbonyl (C=O) groups is 1. The number of nitrogens with zero attached hydrogens (tertiary/aromatic N) is 1. The highest BCUT2D eigenvalue weighted by molar-refractivity contribution is 5.95. The van der Waals surface area contributed by atoms with Crippen LogP contribution >= 0.6 is 0 Å². The molecule has 4 nitrogen and oxygen atoms in total. The van der Waals surface area contributed by atoms with Crippen molar-refractivity contribution in [3.63, 3.8) is 0 Å². The number of hydrogen-bond acceptors (Lipinski definition) is 3. The molecule has 0 saturated heterocycles. The maximum absolute atomic E-state index is 11.9. The largest absolute Gasteiger partial charge is 0.397 e. The summed E-state index contributed by atoms with van der Waals surface area (Å²) in [7, 11) is 0. The predicted molar refractivity (Wildman–Crippen MR) is 76.6 cm³/mol. The van der Waals surface area contributed by atoms with Crippen LogP contribution in [0.5, 0.6) is 0 Å². The van der Waals surface area contributed by atoms with Crippen molar-refractivity contribution in [3.05, 3.63) is 23.8 Å². The van der Waals surface area contributed by atoms with Gasteiger partial charge in [-0.25, -0.2) is 0 Å². The lowest BCUT2D eigenvalue weighted by Crippen LogP contribution is -2.37. The number of amides is 1. The van der Waals surface area contributed by atoms with E-state index in [1.54, 1.807) is 0 Å². The highest BCUT2D eigenvalue weighted by Crippen LogP contribution is 2.19. The van der Waals surface area contributed by atoms with Gasteiger partial charge in [0.25, 0.3) is 0 Å². The summed E-state index contributed by atoms with van der Waals surface area (Å²) in [5, 5.41) is 2.85. The van der Waals surface area contributed by atoms with Gasteiger partial charge in [-0.1, -0.05) is 13.0 Å². The van der Waals surface area contributed by atoms with E-state index in [-0.39, 0.29) is 5.91 Å². The average Bonchev–Trinajstić information content (AvgIpc) is 2.29. The molecule has 0 aromatic heterocycles. The summed E-state index contributed by atoms with van der Waals surface area (Å²) >= 11 is 0. The molecule has 0 aliphatic rings. The second kappa shape index (κ2) is 6.40. The molecule has 18 heavy (non-hydrogen) atoms. The van der Waals surface area contributed by atoms with E-state index in [2.05, 4.69) is 24.1 Å². The summed E-state index contributed by atoms with van der Waals surface area (Å²) in [6, 6.07) is 5.99. The molecule has 0 aliphatic heterocycles. The van der Waals surface area contributed by atoms with E-state index >= 15 is 0 Å². The van der Waals surface area contributed by atoms with Crippen LogP contribution in [0.2, 0.25) is 0 Å². The van der Waals surface area contributed by atoms with Gasteiger partial charge in [0, 0.05) is 6.04 Å². The Kier molecular flexibility index (Phi) is 5.16. The molecule has 0 fully saturated rings. The molecule has 0 spiro atoms. The third kappa shape index (κ3) is 4.04. The lowest BCUT2D eigenvalue weighted by molar-refractivity contribution is -0.117. The van der Waals surface area contributed by atoms with Crippen molar-refractivity contribution in [3.8, 4) is 0 Å². The van der Waals surface area contributed by atoms with Gasteiger partial charge < -0.3 is 11.1 Å². The molecule has 1 aromatic carbocycles. The van der Waals surface area contributed by atoms with Crippen molar-refractivity contribution >= 4 is 17.3 Å². The van der Waals surface area contributed by atoms with Crippen LogP contribution in [0.3, 0.4) is 0 Å². The Hall–Kier alpha value is -1.55. The Morgan fingerprint density at radius 3 is 2.61 bits per heavy atom. The molecule has 1 aromatic rings. The van der Waals surface area contributed by atoms with Gasteiger partial charge >= 0.3 is 0 Å². The molecule has 3 N–H and O–H groups in total.